The Kier molecular flexibility index (Phi) is 8.48. The summed E-state index contributed by atoms with van der Waals surface area (Å²) in [5.74, 6) is -1.07. The van der Waals surface area contributed by atoms with Crippen molar-refractivity contribution in [1.82, 2.24) is 10.4 Å². The number of carbonyl (C=O) groups excluding carboxylic acids is 2. The maximum Gasteiger partial charge on any atom is 0.488 e. The summed E-state index contributed by atoms with van der Waals surface area (Å²) in [5.41, 5.74) is 4.37. The molecular weight excluding hydrogens is 422 g/mol. The zero-order valence-corrected chi connectivity index (χ0v) is 20.0. The molecule has 0 spiro atoms. The van der Waals surface area contributed by atoms with Crippen LogP contribution < -0.4 is 16.4 Å². The van der Waals surface area contributed by atoms with Crippen molar-refractivity contribution < 1.29 is 29.7 Å². The fourth-order valence-corrected chi connectivity index (χ4v) is 3.94. The summed E-state index contributed by atoms with van der Waals surface area (Å²) >= 11 is 0. The number of hydrazine groups is 1. The van der Waals surface area contributed by atoms with Crippen LogP contribution in [0.25, 0.3) is 0 Å². The lowest BCUT2D eigenvalue weighted by molar-refractivity contribution is 0.0285. The van der Waals surface area contributed by atoms with Crippen molar-refractivity contribution in [3.63, 3.8) is 0 Å². The summed E-state index contributed by atoms with van der Waals surface area (Å²) in [6.45, 7) is 11.2. The number of aryl methyl sites for hydroxylation is 2. The Morgan fingerprint density at radius 1 is 0.879 bits per heavy atom. The van der Waals surface area contributed by atoms with Gasteiger partial charge >= 0.3 is 14.2 Å². The molecule has 1 unspecified atom stereocenters. The molecule has 0 fully saturated rings. The Balaban J connectivity index is 2.52. The minimum Gasteiger partial charge on any atom is -0.423 e. The van der Waals surface area contributed by atoms with Gasteiger partial charge in [-0.3, -0.25) is 15.0 Å². The Labute approximate surface area is 195 Å². The van der Waals surface area contributed by atoms with Gasteiger partial charge in [0.15, 0.2) is 0 Å². The fraction of sp³-hybridized carbons (Fsp3) is 0.391. The van der Waals surface area contributed by atoms with Gasteiger partial charge in [0.2, 0.25) is 0 Å². The van der Waals surface area contributed by atoms with Gasteiger partial charge < -0.3 is 20.1 Å². The molecule has 33 heavy (non-hydrogen) atoms. The van der Waals surface area contributed by atoms with Gasteiger partial charge in [0.1, 0.15) is 0 Å². The summed E-state index contributed by atoms with van der Waals surface area (Å²) in [7, 11) is -3.47. The lowest BCUT2D eigenvalue weighted by atomic mass is 9.78. The predicted molar refractivity (Wildman–Crippen MR) is 129 cm³/mol. The van der Waals surface area contributed by atoms with E-state index in [0.717, 1.165) is 0 Å². The van der Waals surface area contributed by atoms with E-state index in [2.05, 4.69) is 5.43 Å². The Bertz CT molecular complexity index is 1020. The monoisotopic (exact) mass is 454 g/mol. The smallest absolute Gasteiger partial charge is 0.423 e. The first kappa shape index (κ1) is 26.6. The normalized spacial score (nSPS) is 12.2. The molecule has 0 aliphatic rings. The highest BCUT2D eigenvalue weighted by molar-refractivity contribution is 6.59. The standard InChI is InChI=1S/C23H32B2N2O6/c1-7-20(23(4,5)6)27(22(29)17-9-15(3)11-19(13-17)25(32)33)26-21(28)16-8-14(2)10-18(12-16)24(30)31/h8-13,20,30-33H,7H2,1-6H3,(H,26,28). The van der Waals surface area contributed by atoms with E-state index in [1.54, 1.807) is 38.1 Å². The summed E-state index contributed by atoms with van der Waals surface area (Å²) < 4.78 is 0. The minimum absolute atomic E-state index is 0.168. The number of carbonyl (C=O) groups is 2. The van der Waals surface area contributed by atoms with Crippen molar-refractivity contribution in [2.45, 2.75) is 54.0 Å². The van der Waals surface area contributed by atoms with E-state index in [1.807, 2.05) is 27.7 Å². The third kappa shape index (κ3) is 6.68. The van der Waals surface area contributed by atoms with Gasteiger partial charge in [0.05, 0.1) is 6.04 Å². The molecule has 0 aliphatic heterocycles. The SMILES string of the molecule is CCC(N(NC(=O)c1cc(C)cc(B(O)O)c1)C(=O)c1cc(C)cc(B(O)O)c1)C(C)(C)C. The quantitative estimate of drug-likeness (QED) is 0.315. The van der Waals surface area contributed by atoms with E-state index in [4.69, 9.17) is 0 Å². The molecule has 176 valence electrons. The maximum absolute atomic E-state index is 13.6. The second-order valence-electron chi connectivity index (χ2n) is 9.42. The van der Waals surface area contributed by atoms with Gasteiger partial charge in [0, 0.05) is 11.1 Å². The van der Waals surface area contributed by atoms with Crippen molar-refractivity contribution in [3.05, 3.63) is 58.7 Å². The van der Waals surface area contributed by atoms with E-state index < -0.39 is 26.1 Å². The lowest BCUT2D eigenvalue weighted by Gasteiger charge is -2.39. The second kappa shape index (κ2) is 10.5. The third-order valence-electron chi connectivity index (χ3n) is 5.44. The van der Waals surface area contributed by atoms with Crippen molar-refractivity contribution in [2.24, 2.45) is 5.41 Å². The predicted octanol–water partition coefficient (Wildman–Crippen LogP) is 0.275. The van der Waals surface area contributed by atoms with Crippen LogP contribution in [0.2, 0.25) is 0 Å². The Morgan fingerprint density at radius 2 is 1.33 bits per heavy atom. The number of rotatable bonds is 6. The average Bonchev–Trinajstić information content (AvgIpc) is 2.70. The summed E-state index contributed by atoms with van der Waals surface area (Å²) in [6.07, 6.45) is 0.547. The van der Waals surface area contributed by atoms with Gasteiger partial charge in [-0.15, -0.1) is 0 Å². The number of hydrogen-bond acceptors (Lipinski definition) is 6. The van der Waals surface area contributed by atoms with E-state index in [-0.39, 0.29) is 33.5 Å². The molecule has 0 aromatic heterocycles. The number of amides is 2. The molecule has 0 saturated carbocycles. The van der Waals surface area contributed by atoms with Crippen LogP contribution in [0.15, 0.2) is 36.4 Å². The first-order valence-corrected chi connectivity index (χ1v) is 10.8. The van der Waals surface area contributed by atoms with Gasteiger partial charge in [-0.25, -0.2) is 5.01 Å². The first-order chi connectivity index (χ1) is 15.2. The Hall–Kier alpha value is -2.65. The van der Waals surface area contributed by atoms with Crippen LogP contribution in [0, 0.1) is 19.3 Å². The Morgan fingerprint density at radius 3 is 1.76 bits per heavy atom. The zero-order chi connectivity index (χ0) is 25.1. The van der Waals surface area contributed by atoms with Gasteiger partial charge in [-0.05, 0) is 60.9 Å². The van der Waals surface area contributed by atoms with Crippen LogP contribution >= 0.6 is 0 Å². The summed E-state index contributed by atoms with van der Waals surface area (Å²) in [6, 6.07) is 8.71. The highest BCUT2D eigenvalue weighted by Crippen LogP contribution is 2.27. The number of nitrogens with one attached hydrogen (secondary N) is 1. The van der Waals surface area contributed by atoms with Crippen LogP contribution in [-0.2, 0) is 0 Å². The van der Waals surface area contributed by atoms with E-state index in [1.165, 1.54) is 17.1 Å². The molecule has 5 N–H and O–H groups in total. The van der Waals surface area contributed by atoms with Crippen LogP contribution in [0.5, 0.6) is 0 Å². The molecule has 0 bridgehead atoms. The molecule has 2 amide bonds. The molecule has 2 rings (SSSR count). The van der Waals surface area contributed by atoms with E-state index in [9.17, 15) is 29.7 Å². The minimum atomic E-state index is -1.74. The van der Waals surface area contributed by atoms with E-state index in [0.29, 0.717) is 17.5 Å². The number of nitrogens with zero attached hydrogens (tertiary/aromatic N) is 1. The average molecular weight is 454 g/mol. The van der Waals surface area contributed by atoms with Crippen molar-refractivity contribution in [2.75, 3.05) is 0 Å². The summed E-state index contributed by atoms with van der Waals surface area (Å²) in [5, 5.41) is 39.5. The fourth-order valence-electron chi connectivity index (χ4n) is 3.94. The van der Waals surface area contributed by atoms with Crippen molar-refractivity contribution >= 4 is 37.0 Å². The van der Waals surface area contributed by atoms with Crippen LogP contribution in [0.3, 0.4) is 0 Å². The van der Waals surface area contributed by atoms with E-state index >= 15 is 0 Å². The number of hydrogen-bond donors (Lipinski definition) is 5. The van der Waals surface area contributed by atoms with Gasteiger partial charge in [-0.1, -0.05) is 51.0 Å². The lowest BCUT2D eigenvalue weighted by Crippen LogP contribution is -2.56. The van der Waals surface area contributed by atoms with Gasteiger partial charge in [0.25, 0.3) is 11.8 Å². The maximum atomic E-state index is 13.6. The third-order valence-corrected chi connectivity index (χ3v) is 5.44. The largest absolute Gasteiger partial charge is 0.488 e. The molecule has 0 aliphatic carbocycles. The highest BCUT2D eigenvalue weighted by atomic mass is 16.4. The molecule has 0 radical (unpaired) electrons. The van der Waals surface area contributed by atoms with Crippen LogP contribution in [0.4, 0.5) is 0 Å². The topological polar surface area (TPSA) is 130 Å². The molecule has 2 aromatic rings. The molecule has 1 atom stereocenters. The highest BCUT2D eigenvalue weighted by Gasteiger charge is 2.35. The number of benzene rings is 2. The zero-order valence-electron chi connectivity index (χ0n) is 20.0. The van der Waals surface area contributed by atoms with Crippen LogP contribution in [-0.4, -0.2) is 57.2 Å². The van der Waals surface area contributed by atoms with Crippen molar-refractivity contribution in [1.29, 1.82) is 0 Å². The molecule has 2 aromatic carbocycles. The first-order valence-electron chi connectivity index (χ1n) is 10.8. The molecular formula is C23H32B2N2O6. The van der Waals surface area contributed by atoms with Gasteiger partial charge in [-0.2, -0.15) is 0 Å². The van der Waals surface area contributed by atoms with Crippen LogP contribution in [0.1, 0.15) is 66.0 Å². The van der Waals surface area contributed by atoms with Crippen molar-refractivity contribution in [3.8, 4) is 0 Å². The summed E-state index contributed by atoms with van der Waals surface area (Å²) in [4.78, 5) is 26.8. The molecule has 8 nitrogen and oxygen atoms in total. The second-order valence-corrected chi connectivity index (χ2v) is 9.42. The molecule has 0 heterocycles. The molecule has 0 saturated heterocycles. The molecule has 10 heteroatoms.